The van der Waals surface area contributed by atoms with Gasteiger partial charge in [0.25, 0.3) is 5.69 Å². The second-order valence-electron chi connectivity index (χ2n) is 6.95. The summed E-state index contributed by atoms with van der Waals surface area (Å²) in [7, 11) is -4.19. The lowest BCUT2D eigenvalue weighted by Crippen LogP contribution is -2.60. The zero-order valence-electron chi connectivity index (χ0n) is 15.6. The van der Waals surface area contributed by atoms with Crippen LogP contribution in [0.1, 0.15) is 5.56 Å². The molecule has 2 fully saturated rings. The maximum Gasteiger partial charge on any atom is 0.289 e. The summed E-state index contributed by atoms with van der Waals surface area (Å²) in [6, 6.07) is 14.1. The van der Waals surface area contributed by atoms with Crippen LogP contribution in [0.2, 0.25) is 0 Å². The molecular weight excluding hydrogens is 527 g/mol. The van der Waals surface area contributed by atoms with Gasteiger partial charge in [0, 0.05) is 6.07 Å². The third-order valence-electron chi connectivity index (χ3n) is 4.99. The lowest BCUT2D eigenvalue weighted by molar-refractivity contribution is -0.387. The molecular formula is C19H19IN2O7S. The Morgan fingerprint density at radius 3 is 2.60 bits per heavy atom. The number of hydrogen-bond donors (Lipinski definition) is 1. The van der Waals surface area contributed by atoms with E-state index in [0.717, 1.165) is 11.6 Å². The van der Waals surface area contributed by atoms with Gasteiger partial charge in [-0.25, -0.2) is 13.1 Å². The Hall–Kier alpha value is -1.64. The van der Waals surface area contributed by atoms with Gasteiger partial charge < -0.3 is 14.2 Å². The molecule has 4 rings (SSSR count). The van der Waals surface area contributed by atoms with E-state index in [9.17, 15) is 18.5 Å². The molecule has 1 N–H and O–H groups in total. The molecule has 2 aromatic rings. The Morgan fingerprint density at radius 1 is 1.17 bits per heavy atom. The highest BCUT2D eigenvalue weighted by Gasteiger charge is 2.52. The number of halogens is 1. The number of nitrogens with zero attached hydrogens (tertiary/aromatic N) is 1. The number of rotatable bonds is 7. The summed E-state index contributed by atoms with van der Waals surface area (Å²) in [4.78, 5) is 10.2. The van der Waals surface area contributed by atoms with Gasteiger partial charge in [-0.2, -0.15) is 0 Å². The van der Waals surface area contributed by atoms with Gasteiger partial charge in [-0.15, -0.1) is 0 Å². The van der Waals surface area contributed by atoms with Crippen LogP contribution in [0.3, 0.4) is 0 Å². The van der Waals surface area contributed by atoms with E-state index >= 15 is 0 Å². The quantitative estimate of drug-likeness (QED) is 0.245. The Bertz CT molecular complexity index is 1020. The fourth-order valence-electron chi connectivity index (χ4n) is 3.55. The highest BCUT2D eigenvalue weighted by molar-refractivity contribution is 14.1. The lowest BCUT2D eigenvalue weighted by Gasteiger charge is -2.38. The van der Waals surface area contributed by atoms with Crippen molar-refractivity contribution in [1.29, 1.82) is 0 Å². The third-order valence-corrected chi connectivity index (χ3v) is 7.85. The van der Waals surface area contributed by atoms with E-state index in [4.69, 9.17) is 14.2 Å². The molecule has 2 bridgehead atoms. The summed E-state index contributed by atoms with van der Waals surface area (Å²) in [6.45, 7) is 0.552. The van der Waals surface area contributed by atoms with Crippen LogP contribution in [-0.4, -0.2) is 48.4 Å². The van der Waals surface area contributed by atoms with Crippen molar-refractivity contribution in [2.75, 3.05) is 6.61 Å². The molecule has 5 atom stereocenters. The molecule has 160 valence electrons. The van der Waals surface area contributed by atoms with Gasteiger partial charge in [0.05, 0.1) is 28.1 Å². The van der Waals surface area contributed by atoms with Crippen molar-refractivity contribution in [1.82, 2.24) is 4.72 Å². The lowest BCUT2D eigenvalue weighted by atomic mass is 10.0. The van der Waals surface area contributed by atoms with E-state index in [1.54, 1.807) is 0 Å². The summed E-state index contributed by atoms with van der Waals surface area (Å²) in [5.74, 6) is 0. The first-order valence-electron chi connectivity index (χ1n) is 9.19. The number of sulfonamides is 1. The molecule has 2 aliphatic rings. The Kier molecular flexibility index (Phi) is 6.36. The molecule has 2 heterocycles. The van der Waals surface area contributed by atoms with Gasteiger partial charge in [0.1, 0.15) is 12.2 Å². The normalized spacial score (nSPS) is 28.4. The summed E-state index contributed by atoms with van der Waals surface area (Å²) in [5, 5.41) is 11.3. The van der Waals surface area contributed by atoms with Crippen LogP contribution in [0, 0.1) is 10.1 Å². The van der Waals surface area contributed by atoms with Gasteiger partial charge in [-0.05, 0) is 11.6 Å². The second kappa shape index (κ2) is 8.85. The van der Waals surface area contributed by atoms with Gasteiger partial charge >= 0.3 is 0 Å². The van der Waals surface area contributed by atoms with Crippen molar-refractivity contribution in [3.8, 4) is 0 Å². The van der Waals surface area contributed by atoms with Crippen LogP contribution in [-0.2, 0) is 30.8 Å². The first kappa shape index (κ1) is 21.6. The van der Waals surface area contributed by atoms with Gasteiger partial charge in [0.2, 0.25) is 10.0 Å². The molecule has 11 heteroatoms. The molecule has 0 amide bonds. The minimum absolute atomic E-state index is 0.267. The van der Waals surface area contributed by atoms with Crippen molar-refractivity contribution >= 4 is 38.3 Å². The number of nitro benzene ring substituents is 1. The van der Waals surface area contributed by atoms with Gasteiger partial charge in [0.15, 0.2) is 11.2 Å². The Labute approximate surface area is 187 Å². The third kappa shape index (κ3) is 4.36. The summed E-state index contributed by atoms with van der Waals surface area (Å²) >= 11 is 2.07. The molecule has 2 aromatic carbocycles. The number of nitro groups is 1. The maximum absolute atomic E-state index is 13.1. The molecule has 0 saturated carbocycles. The molecule has 0 radical (unpaired) electrons. The van der Waals surface area contributed by atoms with E-state index in [1.165, 1.54) is 18.2 Å². The van der Waals surface area contributed by atoms with Gasteiger partial charge in [-0.3, -0.25) is 10.1 Å². The first-order chi connectivity index (χ1) is 14.4. The summed E-state index contributed by atoms with van der Waals surface area (Å²) < 4.78 is 45.9. The minimum atomic E-state index is -4.19. The predicted molar refractivity (Wildman–Crippen MR) is 115 cm³/mol. The van der Waals surface area contributed by atoms with E-state index in [1.807, 2.05) is 30.3 Å². The van der Waals surface area contributed by atoms with Crippen molar-refractivity contribution in [2.45, 2.75) is 40.0 Å². The van der Waals surface area contributed by atoms with Gasteiger partial charge in [-0.1, -0.05) is 65.1 Å². The molecule has 0 aliphatic carbocycles. The highest BCUT2D eigenvalue weighted by Crippen LogP contribution is 2.36. The molecule has 0 aromatic heterocycles. The average molecular weight is 546 g/mol. The monoisotopic (exact) mass is 546 g/mol. The summed E-state index contributed by atoms with van der Waals surface area (Å²) in [5.41, 5.74) is 0.451. The fourth-order valence-corrected chi connectivity index (χ4v) is 6.20. The maximum atomic E-state index is 13.1. The van der Waals surface area contributed by atoms with Crippen molar-refractivity contribution in [3.05, 3.63) is 70.3 Å². The summed E-state index contributed by atoms with van der Waals surface area (Å²) in [6.07, 6.45) is -1.64. The first-order valence-corrected chi connectivity index (χ1v) is 11.9. The van der Waals surface area contributed by atoms with Crippen molar-refractivity contribution in [2.24, 2.45) is 0 Å². The smallest absolute Gasteiger partial charge is 0.289 e. The number of nitrogens with one attached hydrogen (secondary N) is 1. The molecule has 9 nitrogen and oxygen atoms in total. The number of alkyl halides is 1. The number of fused-ring (bicyclic) bond motifs is 2. The van der Waals surface area contributed by atoms with E-state index in [0.29, 0.717) is 0 Å². The number of para-hydroxylation sites is 1. The molecule has 30 heavy (non-hydrogen) atoms. The van der Waals surface area contributed by atoms with Crippen LogP contribution < -0.4 is 4.72 Å². The average Bonchev–Trinajstić information content (AvgIpc) is 3.19. The standard InChI is InChI=1S/C19H19IN2O7S/c20-16-17(21-30(25,26)15-9-5-4-8-13(15)22(23)24)18(14-11-28-19(16)29-14)27-10-12-6-2-1-3-7-12/h1-9,14,16-19,21H,10-11H2/t14-,16-,17-,18-,19-/m1/s1. The van der Waals surface area contributed by atoms with Crippen molar-refractivity contribution < 1.29 is 27.6 Å². The van der Waals surface area contributed by atoms with Crippen LogP contribution in [0.15, 0.2) is 59.5 Å². The second-order valence-corrected chi connectivity index (χ2v) is 10.1. The predicted octanol–water partition coefficient (Wildman–Crippen LogP) is 2.39. The molecule has 0 unspecified atom stereocenters. The van der Waals surface area contributed by atoms with Crippen LogP contribution in [0.5, 0.6) is 0 Å². The SMILES string of the molecule is O=[N+]([O-])c1ccccc1S(=O)(=O)N[C@@H]1[C@@H](I)[C@@H]2OC[C@@H](O2)[C@H]1OCc1ccccc1. The Morgan fingerprint density at radius 2 is 1.87 bits per heavy atom. The van der Waals surface area contributed by atoms with E-state index < -0.39 is 45.2 Å². The number of ether oxygens (including phenoxy) is 3. The van der Waals surface area contributed by atoms with E-state index in [-0.39, 0.29) is 22.0 Å². The van der Waals surface area contributed by atoms with Crippen molar-refractivity contribution in [3.63, 3.8) is 0 Å². The molecule has 0 spiro atoms. The van der Waals surface area contributed by atoms with Crippen LogP contribution in [0.4, 0.5) is 5.69 Å². The fraction of sp³-hybridized carbons (Fsp3) is 0.368. The molecule has 2 saturated heterocycles. The van der Waals surface area contributed by atoms with E-state index in [2.05, 4.69) is 27.3 Å². The topological polar surface area (TPSA) is 117 Å². The highest BCUT2D eigenvalue weighted by atomic mass is 127. The largest absolute Gasteiger partial charge is 0.369 e. The van der Waals surface area contributed by atoms with Crippen LogP contribution in [0.25, 0.3) is 0 Å². The minimum Gasteiger partial charge on any atom is -0.369 e. The zero-order valence-corrected chi connectivity index (χ0v) is 18.6. The Balaban J connectivity index is 1.60. The molecule has 2 aliphatic heterocycles. The number of benzene rings is 2. The number of hydrogen-bond acceptors (Lipinski definition) is 7. The zero-order chi connectivity index (χ0) is 21.3. The van der Waals surface area contributed by atoms with Crippen LogP contribution >= 0.6 is 22.6 Å².